The van der Waals surface area contributed by atoms with Crippen molar-refractivity contribution >= 4 is 24.3 Å². The molecule has 1 fully saturated rings. The van der Waals surface area contributed by atoms with E-state index in [1.807, 2.05) is 19.1 Å². The number of hydrogen-bond acceptors (Lipinski definition) is 5. The Hall–Kier alpha value is -3.30. The molecule has 1 N–H and O–H groups in total. The van der Waals surface area contributed by atoms with Crippen molar-refractivity contribution in [3.8, 4) is 5.75 Å². The second-order valence-electron chi connectivity index (χ2n) is 11.3. The Labute approximate surface area is 253 Å². The van der Waals surface area contributed by atoms with Gasteiger partial charge in [-0.05, 0) is 78.6 Å². The third kappa shape index (κ3) is 11.4. The van der Waals surface area contributed by atoms with E-state index in [4.69, 9.17) is 4.74 Å². The minimum absolute atomic E-state index is 0.0744. The van der Waals surface area contributed by atoms with E-state index in [0.29, 0.717) is 18.0 Å². The van der Waals surface area contributed by atoms with Crippen LogP contribution < -0.4 is 20.5 Å². The molecule has 9 heteroatoms. The number of carbonyl (C=O) groups is 1. The number of morpholine rings is 1. The van der Waals surface area contributed by atoms with Crippen LogP contribution >= 0.6 is 0 Å². The van der Waals surface area contributed by atoms with E-state index in [-0.39, 0.29) is 11.7 Å². The van der Waals surface area contributed by atoms with Crippen LogP contribution in [0.3, 0.4) is 0 Å². The van der Waals surface area contributed by atoms with Crippen molar-refractivity contribution in [2.24, 2.45) is 5.92 Å². The number of nitrogens with one attached hydrogen (secondary N) is 1. The standard InChI is InChI=1S/C34H46F3N3O3/c1-6-8-28(10-7-9-25(2)29-12-14-30(15-13-29)43-34(35,36)37)23-39(5)24-32-26(3)11-16-31(27(32)4)33(41)38-17-18-40-19-21-42-22-20-40/h11-16,24,28H,2-3,6-10,17-23H2,1,4-5H3,(H,38,41)/b32-24+. The molecule has 1 atom stereocenters. The van der Waals surface area contributed by atoms with Crippen molar-refractivity contribution in [3.05, 3.63) is 70.1 Å². The molecular formula is C34H46F3N3O3. The van der Waals surface area contributed by atoms with E-state index in [0.717, 1.165) is 98.6 Å². The lowest BCUT2D eigenvalue weighted by Gasteiger charge is -2.26. The van der Waals surface area contributed by atoms with Crippen molar-refractivity contribution in [1.29, 1.82) is 0 Å². The van der Waals surface area contributed by atoms with Crippen LogP contribution in [-0.2, 0) is 4.74 Å². The van der Waals surface area contributed by atoms with Crippen LogP contribution in [0, 0.1) is 12.8 Å². The highest BCUT2D eigenvalue weighted by Gasteiger charge is 2.31. The zero-order valence-electron chi connectivity index (χ0n) is 25.8. The van der Waals surface area contributed by atoms with E-state index in [1.165, 1.54) is 12.1 Å². The Kier molecular flexibility index (Phi) is 13.1. The number of amides is 1. The summed E-state index contributed by atoms with van der Waals surface area (Å²) in [5.41, 5.74) is 3.29. The summed E-state index contributed by atoms with van der Waals surface area (Å²) in [5, 5.41) is 4.91. The average molecular weight is 602 g/mol. The first kappa shape index (κ1) is 34.2. The summed E-state index contributed by atoms with van der Waals surface area (Å²) in [5.74, 6) is 0.151. The number of hydrogen-bond donors (Lipinski definition) is 1. The van der Waals surface area contributed by atoms with E-state index < -0.39 is 6.36 Å². The lowest BCUT2D eigenvalue weighted by molar-refractivity contribution is -0.274. The van der Waals surface area contributed by atoms with Gasteiger partial charge in [-0.25, -0.2) is 0 Å². The molecular weight excluding hydrogens is 555 g/mol. The number of nitrogens with zero attached hydrogens (tertiary/aromatic N) is 2. The number of halogens is 3. The van der Waals surface area contributed by atoms with Gasteiger partial charge in [-0.15, -0.1) is 13.2 Å². The molecule has 1 aliphatic heterocycles. The highest BCUT2D eigenvalue weighted by molar-refractivity contribution is 5.95. The summed E-state index contributed by atoms with van der Waals surface area (Å²) in [6.07, 6.45) is 2.23. The predicted molar refractivity (Wildman–Crippen MR) is 167 cm³/mol. The number of alkyl halides is 3. The zero-order chi connectivity index (χ0) is 31.4. The smallest absolute Gasteiger partial charge is 0.406 e. The molecule has 0 spiro atoms. The molecule has 0 aromatic heterocycles. The molecule has 2 aromatic carbocycles. The number of carbonyl (C=O) groups excluding carboxylic acids is 1. The van der Waals surface area contributed by atoms with Gasteiger partial charge in [0.1, 0.15) is 5.75 Å². The molecule has 1 heterocycles. The summed E-state index contributed by atoms with van der Waals surface area (Å²) in [4.78, 5) is 17.5. The molecule has 1 saturated heterocycles. The summed E-state index contributed by atoms with van der Waals surface area (Å²) in [7, 11) is 2.06. The third-order valence-electron chi connectivity index (χ3n) is 7.85. The Bertz CT molecular complexity index is 1310. The van der Waals surface area contributed by atoms with Crippen LogP contribution in [0.4, 0.5) is 13.2 Å². The van der Waals surface area contributed by atoms with Gasteiger partial charge >= 0.3 is 6.36 Å². The minimum atomic E-state index is -4.70. The SMILES string of the molecule is C=C(CCCC(CCC)CN(C)/C=c1/c(C)c(C(=O)NCCN2CCOCC2)ccc1=C)c1ccc(OC(F)(F)F)cc1. The fourth-order valence-corrected chi connectivity index (χ4v) is 5.51. The maximum absolute atomic E-state index is 13.0. The highest BCUT2D eigenvalue weighted by atomic mass is 19.4. The number of allylic oxidation sites excluding steroid dienone is 1. The van der Waals surface area contributed by atoms with Crippen molar-refractivity contribution in [2.45, 2.75) is 52.3 Å². The van der Waals surface area contributed by atoms with E-state index in [1.54, 1.807) is 12.1 Å². The fraction of sp³-hybridized carbons (Fsp3) is 0.500. The third-order valence-corrected chi connectivity index (χ3v) is 7.85. The lowest BCUT2D eigenvalue weighted by Crippen LogP contribution is -2.41. The summed E-state index contributed by atoms with van der Waals surface area (Å²) >= 11 is 0. The van der Waals surface area contributed by atoms with Gasteiger partial charge in [0.15, 0.2) is 0 Å². The van der Waals surface area contributed by atoms with Crippen LogP contribution in [0.15, 0.2) is 43.0 Å². The minimum Gasteiger partial charge on any atom is -0.406 e. The van der Waals surface area contributed by atoms with Crippen LogP contribution in [0.2, 0.25) is 0 Å². The van der Waals surface area contributed by atoms with Gasteiger partial charge in [-0.1, -0.05) is 44.7 Å². The van der Waals surface area contributed by atoms with Gasteiger partial charge in [0, 0.05) is 56.8 Å². The summed E-state index contributed by atoms with van der Waals surface area (Å²) in [6, 6.07) is 9.63. The molecule has 2 aromatic rings. The van der Waals surface area contributed by atoms with Crippen LogP contribution in [0.1, 0.15) is 60.5 Å². The van der Waals surface area contributed by atoms with E-state index >= 15 is 0 Å². The molecule has 0 bridgehead atoms. The number of ether oxygens (including phenoxy) is 2. The van der Waals surface area contributed by atoms with E-state index in [2.05, 4.69) is 53.2 Å². The highest BCUT2D eigenvalue weighted by Crippen LogP contribution is 2.27. The van der Waals surface area contributed by atoms with Crippen LogP contribution in [0.25, 0.3) is 18.4 Å². The van der Waals surface area contributed by atoms with Crippen molar-refractivity contribution < 1.29 is 27.4 Å². The molecule has 0 aliphatic carbocycles. The molecule has 0 saturated carbocycles. The van der Waals surface area contributed by atoms with Crippen LogP contribution in [0.5, 0.6) is 5.75 Å². The topological polar surface area (TPSA) is 54.0 Å². The predicted octanol–water partition coefficient (Wildman–Crippen LogP) is 5.34. The van der Waals surface area contributed by atoms with Crippen molar-refractivity contribution in [1.82, 2.24) is 15.1 Å². The van der Waals surface area contributed by atoms with Gasteiger partial charge in [-0.2, -0.15) is 0 Å². The van der Waals surface area contributed by atoms with E-state index in [9.17, 15) is 18.0 Å². The Balaban J connectivity index is 1.56. The largest absolute Gasteiger partial charge is 0.573 e. The summed E-state index contributed by atoms with van der Waals surface area (Å²) < 4.78 is 46.6. The molecule has 1 unspecified atom stereocenters. The van der Waals surface area contributed by atoms with Crippen molar-refractivity contribution in [3.63, 3.8) is 0 Å². The maximum atomic E-state index is 13.0. The first-order valence-corrected chi connectivity index (χ1v) is 15.1. The molecule has 236 valence electrons. The van der Waals surface area contributed by atoms with Gasteiger partial charge in [0.25, 0.3) is 5.91 Å². The molecule has 1 aliphatic rings. The molecule has 3 rings (SSSR count). The molecule has 43 heavy (non-hydrogen) atoms. The first-order valence-electron chi connectivity index (χ1n) is 15.1. The van der Waals surface area contributed by atoms with Gasteiger partial charge < -0.3 is 19.7 Å². The maximum Gasteiger partial charge on any atom is 0.573 e. The van der Waals surface area contributed by atoms with Crippen LogP contribution in [-0.4, -0.2) is 75.1 Å². The lowest BCUT2D eigenvalue weighted by atomic mass is 9.93. The quantitative estimate of drug-likeness (QED) is 0.299. The summed E-state index contributed by atoms with van der Waals surface area (Å²) in [6.45, 7) is 18.0. The average Bonchev–Trinajstić information content (AvgIpc) is 2.95. The number of benzene rings is 2. The van der Waals surface area contributed by atoms with Gasteiger partial charge in [0.05, 0.1) is 13.2 Å². The first-order chi connectivity index (χ1) is 20.5. The molecule has 0 radical (unpaired) electrons. The molecule has 1 amide bonds. The fourth-order valence-electron chi connectivity index (χ4n) is 5.51. The second kappa shape index (κ2) is 16.5. The Morgan fingerprint density at radius 1 is 1.16 bits per heavy atom. The Morgan fingerprint density at radius 3 is 2.51 bits per heavy atom. The van der Waals surface area contributed by atoms with Gasteiger partial charge in [-0.3, -0.25) is 9.69 Å². The van der Waals surface area contributed by atoms with Gasteiger partial charge in [0.2, 0.25) is 0 Å². The zero-order valence-corrected chi connectivity index (χ0v) is 25.8. The number of rotatable bonds is 15. The molecule has 6 nitrogen and oxygen atoms in total. The Morgan fingerprint density at radius 2 is 1.86 bits per heavy atom. The monoisotopic (exact) mass is 601 g/mol. The van der Waals surface area contributed by atoms with Crippen molar-refractivity contribution in [2.75, 3.05) is 53.0 Å². The normalized spacial score (nSPS) is 15.3. The second-order valence-corrected chi connectivity index (χ2v) is 11.3.